The zero-order valence-electron chi connectivity index (χ0n) is 8.06. The number of rotatable bonds is 4. The van der Waals surface area contributed by atoms with Gasteiger partial charge in [-0.2, -0.15) is 0 Å². The maximum Gasteiger partial charge on any atom is 0.308 e. The SMILES string of the molecule is CC(CNC(=O)c1csc(N)n1)C(=O)O. The predicted molar refractivity (Wildman–Crippen MR) is 55.7 cm³/mol. The quantitative estimate of drug-likeness (QED) is 0.682. The highest BCUT2D eigenvalue weighted by Gasteiger charge is 2.14. The molecular weight excluding hydrogens is 218 g/mol. The molecule has 0 aliphatic heterocycles. The van der Waals surface area contributed by atoms with Crippen LogP contribution in [0.3, 0.4) is 0 Å². The zero-order chi connectivity index (χ0) is 11.4. The van der Waals surface area contributed by atoms with Crippen LogP contribution in [0.5, 0.6) is 0 Å². The maximum atomic E-state index is 11.4. The Labute approximate surface area is 90.1 Å². The summed E-state index contributed by atoms with van der Waals surface area (Å²) in [4.78, 5) is 25.6. The van der Waals surface area contributed by atoms with Gasteiger partial charge in [-0.25, -0.2) is 4.98 Å². The van der Waals surface area contributed by atoms with Crippen molar-refractivity contribution in [1.82, 2.24) is 10.3 Å². The molecule has 1 unspecified atom stereocenters. The van der Waals surface area contributed by atoms with Gasteiger partial charge < -0.3 is 16.2 Å². The van der Waals surface area contributed by atoms with E-state index in [1.54, 1.807) is 0 Å². The Kier molecular flexibility index (Phi) is 3.62. The molecule has 6 nitrogen and oxygen atoms in total. The number of nitrogen functional groups attached to an aromatic ring is 1. The van der Waals surface area contributed by atoms with Crippen molar-refractivity contribution in [2.45, 2.75) is 6.92 Å². The van der Waals surface area contributed by atoms with Gasteiger partial charge in [0.15, 0.2) is 5.13 Å². The average Bonchev–Trinajstić information content (AvgIpc) is 2.60. The highest BCUT2D eigenvalue weighted by molar-refractivity contribution is 7.13. The van der Waals surface area contributed by atoms with E-state index >= 15 is 0 Å². The van der Waals surface area contributed by atoms with Crippen molar-refractivity contribution in [3.8, 4) is 0 Å². The van der Waals surface area contributed by atoms with Crippen LogP contribution in [0.25, 0.3) is 0 Å². The number of carbonyl (C=O) groups is 2. The van der Waals surface area contributed by atoms with Crippen LogP contribution in [0.2, 0.25) is 0 Å². The summed E-state index contributed by atoms with van der Waals surface area (Å²) in [5.74, 6) is -1.98. The van der Waals surface area contributed by atoms with Crippen molar-refractivity contribution in [2.24, 2.45) is 5.92 Å². The van der Waals surface area contributed by atoms with Gasteiger partial charge in [0, 0.05) is 11.9 Å². The van der Waals surface area contributed by atoms with Crippen LogP contribution < -0.4 is 11.1 Å². The summed E-state index contributed by atoms with van der Waals surface area (Å²) in [6.45, 7) is 1.59. The second kappa shape index (κ2) is 4.74. The first-order valence-corrected chi connectivity index (χ1v) is 5.10. The van der Waals surface area contributed by atoms with Crippen LogP contribution in [0.15, 0.2) is 5.38 Å². The second-order valence-corrected chi connectivity index (χ2v) is 3.91. The van der Waals surface area contributed by atoms with Crippen molar-refractivity contribution < 1.29 is 14.7 Å². The first-order valence-electron chi connectivity index (χ1n) is 4.22. The number of amides is 1. The van der Waals surface area contributed by atoms with Crippen molar-refractivity contribution in [2.75, 3.05) is 12.3 Å². The molecule has 1 aromatic rings. The third-order valence-electron chi connectivity index (χ3n) is 1.74. The largest absolute Gasteiger partial charge is 0.481 e. The van der Waals surface area contributed by atoms with Gasteiger partial charge in [0.05, 0.1) is 5.92 Å². The van der Waals surface area contributed by atoms with E-state index in [9.17, 15) is 9.59 Å². The number of nitrogens with two attached hydrogens (primary N) is 1. The van der Waals surface area contributed by atoms with E-state index in [1.165, 1.54) is 12.3 Å². The summed E-state index contributed by atoms with van der Waals surface area (Å²) < 4.78 is 0. The van der Waals surface area contributed by atoms with E-state index < -0.39 is 17.8 Å². The number of carbonyl (C=O) groups excluding carboxylic acids is 1. The van der Waals surface area contributed by atoms with Crippen LogP contribution in [-0.2, 0) is 4.79 Å². The van der Waals surface area contributed by atoms with Gasteiger partial charge in [-0.1, -0.05) is 6.92 Å². The maximum absolute atomic E-state index is 11.4. The number of hydrogen-bond acceptors (Lipinski definition) is 5. The Hall–Kier alpha value is -1.63. The smallest absolute Gasteiger partial charge is 0.308 e. The summed E-state index contributed by atoms with van der Waals surface area (Å²) in [7, 11) is 0. The van der Waals surface area contributed by atoms with E-state index in [0.717, 1.165) is 11.3 Å². The summed E-state index contributed by atoms with van der Waals surface area (Å²) in [6.07, 6.45) is 0. The number of nitrogens with zero attached hydrogens (tertiary/aromatic N) is 1. The molecule has 1 amide bonds. The topological polar surface area (TPSA) is 105 Å². The molecule has 82 valence electrons. The molecule has 0 spiro atoms. The lowest BCUT2D eigenvalue weighted by Gasteiger charge is -2.06. The van der Waals surface area contributed by atoms with Crippen molar-refractivity contribution in [1.29, 1.82) is 0 Å². The minimum Gasteiger partial charge on any atom is -0.481 e. The van der Waals surface area contributed by atoms with Crippen molar-refractivity contribution in [3.63, 3.8) is 0 Å². The molecule has 0 aliphatic rings. The Morgan fingerprint density at radius 2 is 2.40 bits per heavy atom. The minimum absolute atomic E-state index is 0.0750. The van der Waals surface area contributed by atoms with Crippen LogP contribution in [0.4, 0.5) is 5.13 Å². The molecule has 0 fully saturated rings. The molecule has 1 rings (SSSR count). The first-order chi connectivity index (χ1) is 7.00. The first kappa shape index (κ1) is 11.4. The van der Waals surface area contributed by atoms with Crippen LogP contribution >= 0.6 is 11.3 Å². The number of anilines is 1. The molecule has 0 bridgehead atoms. The normalized spacial score (nSPS) is 12.1. The number of thiazole rings is 1. The van der Waals surface area contributed by atoms with E-state index in [0.29, 0.717) is 5.13 Å². The number of aromatic nitrogens is 1. The van der Waals surface area contributed by atoms with E-state index in [4.69, 9.17) is 10.8 Å². The Morgan fingerprint density at radius 3 is 2.87 bits per heavy atom. The monoisotopic (exact) mass is 229 g/mol. The molecule has 7 heteroatoms. The van der Waals surface area contributed by atoms with Crippen LogP contribution in [0.1, 0.15) is 17.4 Å². The van der Waals surface area contributed by atoms with Gasteiger partial charge in [-0.05, 0) is 0 Å². The van der Waals surface area contributed by atoms with E-state index in [-0.39, 0.29) is 12.2 Å². The average molecular weight is 229 g/mol. The lowest BCUT2D eigenvalue weighted by Crippen LogP contribution is -2.31. The van der Waals surface area contributed by atoms with Gasteiger partial charge in [0.2, 0.25) is 0 Å². The highest BCUT2D eigenvalue weighted by Crippen LogP contribution is 2.10. The third-order valence-corrected chi connectivity index (χ3v) is 2.42. The molecular formula is C8H11N3O3S. The van der Waals surface area contributed by atoms with Gasteiger partial charge in [-0.15, -0.1) is 11.3 Å². The fourth-order valence-electron chi connectivity index (χ4n) is 0.816. The van der Waals surface area contributed by atoms with Gasteiger partial charge in [0.25, 0.3) is 5.91 Å². The number of carboxylic acids is 1. The fourth-order valence-corrected chi connectivity index (χ4v) is 1.36. The fraction of sp³-hybridized carbons (Fsp3) is 0.375. The summed E-state index contributed by atoms with van der Waals surface area (Å²) in [5, 5.41) is 12.9. The third kappa shape index (κ3) is 3.21. The molecule has 0 saturated heterocycles. The molecule has 15 heavy (non-hydrogen) atoms. The van der Waals surface area contributed by atoms with Gasteiger partial charge in [0.1, 0.15) is 5.69 Å². The number of aliphatic carboxylic acids is 1. The lowest BCUT2D eigenvalue weighted by atomic mass is 10.2. The van der Waals surface area contributed by atoms with E-state index in [1.807, 2.05) is 0 Å². The van der Waals surface area contributed by atoms with Crippen molar-refractivity contribution >= 4 is 28.3 Å². The number of carboxylic acid groups (broad SMARTS) is 1. The molecule has 0 aromatic carbocycles. The highest BCUT2D eigenvalue weighted by atomic mass is 32.1. The Bertz CT molecular complexity index is 377. The zero-order valence-corrected chi connectivity index (χ0v) is 8.87. The molecule has 0 aliphatic carbocycles. The summed E-state index contributed by atoms with van der Waals surface area (Å²) in [6, 6.07) is 0. The van der Waals surface area contributed by atoms with E-state index in [2.05, 4.69) is 10.3 Å². The minimum atomic E-state index is -0.951. The molecule has 4 N–H and O–H groups in total. The second-order valence-electron chi connectivity index (χ2n) is 3.02. The van der Waals surface area contributed by atoms with Crippen molar-refractivity contribution in [3.05, 3.63) is 11.1 Å². The standard InChI is InChI=1S/C8H11N3O3S/c1-4(7(13)14)2-10-6(12)5-3-15-8(9)11-5/h3-4H,2H2,1H3,(H2,9,11)(H,10,12)(H,13,14). The summed E-state index contributed by atoms with van der Waals surface area (Å²) in [5.41, 5.74) is 5.57. The van der Waals surface area contributed by atoms with Crippen LogP contribution in [-0.4, -0.2) is 28.5 Å². The molecule has 1 heterocycles. The van der Waals surface area contributed by atoms with Gasteiger partial charge in [-0.3, -0.25) is 9.59 Å². The molecule has 0 saturated carbocycles. The predicted octanol–water partition coefficient (Wildman–Crippen LogP) is 0.176. The number of nitrogens with one attached hydrogen (secondary N) is 1. The molecule has 1 atom stereocenters. The number of hydrogen-bond donors (Lipinski definition) is 3. The summed E-state index contributed by atoms with van der Waals surface area (Å²) >= 11 is 1.16. The molecule has 0 radical (unpaired) electrons. The Balaban J connectivity index is 2.47. The Morgan fingerprint density at radius 1 is 1.73 bits per heavy atom. The lowest BCUT2D eigenvalue weighted by molar-refractivity contribution is -0.140. The van der Waals surface area contributed by atoms with Crippen LogP contribution in [0, 0.1) is 5.92 Å². The molecule has 1 aromatic heterocycles. The van der Waals surface area contributed by atoms with Gasteiger partial charge >= 0.3 is 5.97 Å².